The molecule has 5 atom stereocenters. The molecule has 1 amide bonds. The fraction of sp³-hybridized carbons (Fsp3) is 0.293. The molecule has 1 aromatic heterocycles. The maximum Gasteiger partial charge on any atom is 0.336 e. The van der Waals surface area contributed by atoms with Crippen LogP contribution in [0, 0.1) is 0 Å². The number of fused-ring (bicyclic) bond motifs is 6. The zero-order valence-electron chi connectivity index (χ0n) is 29.9. The average molecular weight is 769 g/mol. The summed E-state index contributed by atoms with van der Waals surface area (Å²) in [6.45, 7) is 0.598. The van der Waals surface area contributed by atoms with Gasteiger partial charge >= 0.3 is 5.97 Å². The molecule has 0 spiro atoms. The molecular weight excluding hydrogens is 728 g/mol. The molecule has 1 saturated heterocycles. The molecule has 292 valence electrons. The van der Waals surface area contributed by atoms with Crippen LogP contribution < -0.4 is 16.1 Å². The van der Waals surface area contributed by atoms with Gasteiger partial charge in [-0.25, -0.2) is 4.79 Å². The molecule has 1 unspecified atom stereocenters. The number of aliphatic hydroxyl groups is 4. The minimum atomic E-state index is -1.42. The first-order valence-electron chi connectivity index (χ1n) is 18.0. The summed E-state index contributed by atoms with van der Waals surface area (Å²) in [5, 5.41) is 69.4. The van der Waals surface area contributed by atoms with Crippen LogP contribution in [0.1, 0.15) is 20.7 Å². The van der Waals surface area contributed by atoms with Crippen molar-refractivity contribution in [2.75, 3.05) is 46.1 Å². The number of carboxylic acid groups (broad SMARTS) is 1. The number of phenolic OH excluding ortho intramolecular Hbond substituents is 1. The molecule has 2 heterocycles. The van der Waals surface area contributed by atoms with Gasteiger partial charge in [0.05, 0.1) is 44.6 Å². The van der Waals surface area contributed by atoms with E-state index < -0.39 is 49.1 Å². The number of benzene rings is 5. The van der Waals surface area contributed by atoms with Crippen LogP contribution in [0.2, 0.25) is 0 Å². The van der Waals surface area contributed by atoms with Gasteiger partial charge in [-0.1, -0.05) is 12.1 Å². The van der Waals surface area contributed by atoms with Crippen molar-refractivity contribution in [3.8, 4) is 16.9 Å². The van der Waals surface area contributed by atoms with Crippen LogP contribution in [0.3, 0.4) is 0 Å². The van der Waals surface area contributed by atoms with Crippen LogP contribution in [-0.2, 0) is 14.2 Å². The maximum absolute atomic E-state index is 13.4. The van der Waals surface area contributed by atoms with Gasteiger partial charge in [-0.3, -0.25) is 9.59 Å². The number of aromatic hydroxyl groups is 1. The van der Waals surface area contributed by atoms with Crippen molar-refractivity contribution in [2.24, 2.45) is 0 Å². The lowest BCUT2D eigenvalue weighted by Gasteiger charge is -2.40. The van der Waals surface area contributed by atoms with Gasteiger partial charge in [-0.15, -0.1) is 0 Å². The summed E-state index contributed by atoms with van der Waals surface area (Å²) in [6, 6.07) is 20.0. The Morgan fingerprint density at radius 2 is 1.38 bits per heavy atom. The number of carbonyl (C=O) groups excluding carboxylic acids is 1. The number of rotatable bonds is 14. The van der Waals surface area contributed by atoms with E-state index in [0.717, 1.165) is 0 Å². The number of amides is 1. The SMILES string of the molecule is O=C(NCCOCCOCCN[C@H]1C(O)O[C@H](CO)[C@@H](O)[C@@H]1O)c1ccc(C(=O)O)c(-c2c3ccc4cc(O)ccc4c3oc3c2ccc2cc(=O)ccc23)c1. The normalized spacial score (nSPS) is 19.9. The van der Waals surface area contributed by atoms with E-state index in [2.05, 4.69) is 10.6 Å². The first kappa shape index (κ1) is 38.8. The van der Waals surface area contributed by atoms with E-state index in [1.54, 1.807) is 42.5 Å². The number of hydrogen-bond donors (Lipinski definition) is 8. The van der Waals surface area contributed by atoms with Crippen LogP contribution in [0.25, 0.3) is 54.6 Å². The Labute approximate surface area is 318 Å². The molecule has 5 aromatic carbocycles. The van der Waals surface area contributed by atoms with E-state index in [1.165, 1.54) is 36.4 Å². The first-order valence-corrected chi connectivity index (χ1v) is 18.0. The summed E-state index contributed by atoms with van der Waals surface area (Å²) in [5.41, 5.74) is 1.64. The minimum Gasteiger partial charge on any atom is -0.508 e. The number of carboxylic acids is 1. The van der Waals surface area contributed by atoms with Gasteiger partial charge in [0.1, 0.15) is 35.2 Å². The average Bonchev–Trinajstić information content (AvgIpc) is 3.19. The number of phenols is 1. The number of aliphatic hydroxyl groups excluding tert-OH is 4. The third kappa shape index (κ3) is 7.80. The second kappa shape index (κ2) is 16.7. The Morgan fingerprint density at radius 3 is 2.05 bits per heavy atom. The van der Waals surface area contributed by atoms with E-state index in [1.807, 2.05) is 0 Å². The maximum atomic E-state index is 13.4. The van der Waals surface area contributed by atoms with Crippen LogP contribution in [-0.4, -0.2) is 119 Å². The van der Waals surface area contributed by atoms with E-state index in [0.29, 0.717) is 49.0 Å². The summed E-state index contributed by atoms with van der Waals surface area (Å²) in [6.07, 6.45) is -5.22. The van der Waals surface area contributed by atoms with Crippen molar-refractivity contribution >= 4 is 55.4 Å². The zero-order chi connectivity index (χ0) is 39.5. The summed E-state index contributed by atoms with van der Waals surface area (Å²) in [7, 11) is 0. The van der Waals surface area contributed by atoms with Crippen molar-refractivity contribution in [2.45, 2.75) is 30.6 Å². The largest absolute Gasteiger partial charge is 0.508 e. The Morgan fingerprint density at radius 1 is 0.732 bits per heavy atom. The topological polar surface area (TPSA) is 237 Å². The van der Waals surface area contributed by atoms with Crippen LogP contribution >= 0.6 is 0 Å². The molecule has 7 rings (SSSR count). The predicted molar refractivity (Wildman–Crippen MR) is 205 cm³/mol. The van der Waals surface area contributed by atoms with Crippen molar-refractivity contribution in [3.63, 3.8) is 0 Å². The van der Waals surface area contributed by atoms with Crippen molar-refractivity contribution in [3.05, 3.63) is 100 Å². The molecule has 15 heteroatoms. The fourth-order valence-corrected chi connectivity index (χ4v) is 7.07. The van der Waals surface area contributed by atoms with Crippen molar-refractivity contribution < 1.29 is 58.9 Å². The van der Waals surface area contributed by atoms with E-state index in [4.69, 9.17) is 18.6 Å². The van der Waals surface area contributed by atoms with Gasteiger partial charge in [0, 0.05) is 45.8 Å². The van der Waals surface area contributed by atoms with Gasteiger partial charge in [0.25, 0.3) is 5.91 Å². The molecule has 1 aliphatic heterocycles. The monoisotopic (exact) mass is 768 g/mol. The van der Waals surface area contributed by atoms with Crippen LogP contribution in [0.4, 0.5) is 0 Å². The molecule has 8 N–H and O–H groups in total. The molecular formula is C41H40N2O13. The number of carbonyl (C=O) groups is 2. The first-order chi connectivity index (χ1) is 27.0. The molecule has 56 heavy (non-hydrogen) atoms. The predicted octanol–water partition coefficient (Wildman–Crippen LogP) is 2.48. The molecule has 15 nitrogen and oxygen atoms in total. The minimum absolute atomic E-state index is 0.0398. The zero-order valence-corrected chi connectivity index (χ0v) is 29.9. The molecule has 0 bridgehead atoms. The molecule has 0 aliphatic carbocycles. The Hall–Kier alpha value is -5.49. The third-order valence-electron chi connectivity index (χ3n) is 9.85. The smallest absolute Gasteiger partial charge is 0.336 e. The second-order valence-corrected chi connectivity index (χ2v) is 13.4. The highest BCUT2D eigenvalue weighted by Crippen LogP contribution is 2.43. The lowest BCUT2D eigenvalue weighted by Crippen LogP contribution is -2.63. The Balaban J connectivity index is 1.05. The molecule has 1 aliphatic rings. The molecule has 1 fully saturated rings. The van der Waals surface area contributed by atoms with Gasteiger partial charge < -0.3 is 59.9 Å². The Bertz CT molecular complexity index is 2480. The van der Waals surface area contributed by atoms with Gasteiger partial charge in [-0.05, 0) is 83.1 Å². The fourth-order valence-electron chi connectivity index (χ4n) is 7.07. The van der Waals surface area contributed by atoms with Crippen molar-refractivity contribution in [1.29, 1.82) is 0 Å². The van der Waals surface area contributed by atoms with Gasteiger partial charge in [0.2, 0.25) is 0 Å². The summed E-state index contributed by atoms with van der Waals surface area (Å²) < 4.78 is 22.8. The van der Waals surface area contributed by atoms with E-state index in [9.17, 15) is 45.0 Å². The van der Waals surface area contributed by atoms with Gasteiger partial charge in [0.15, 0.2) is 11.7 Å². The number of aromatic carboxylic acids is 1. The Kier molecular flexibility index (Phi) is 11.6. The highest BCUT2D eigenvalue weighted by Gasteiger charge is 2.43. The lowest BCUT2D eigenvalue weighted by atomic mass is 9.90. The van der Waals surface area contributed by atoms with Crippen LogP contribution in [0.5, 0.6) is 5.75 Å². The second-order valence-electron chi connectivity index (χ2n) is 13.4. The van der Waals surface area contributed by atoms with E-state index >= 15 is 0 Å². The van der Waals surface area contributed by atoms with E-state index in [-0.39, 0.29) is 67.4 Å². The van der Waals surface area contributed by atoms with Gasteiger partial charge in [-0.2, -0.15) is 0 Å². The van der Waals surface area contributed by atoms with Crippen LogP contribution in [0.15, 0.2) is 88.1 Å². The summed E-state index contributed by atoms with van der Waals surface area (Å²) >= 11 is 0. The molecule has 0 saturated carbocycles. The highest BCUT2D eigenvalue weighted by atomic mass is 16.6. The quantitative estimate of drug-likeness (QED) is 0.0452. The summed E-state index contributed by atoms with van der Waals surface area (Å²) in [5.74, 6) is -1.59. The standard InChI is InChI=1S/C41H40N2O13/c44-20-32-35(47)36(48)34(41(52)55-32)42-11-13-53-15-16-54-14-12-43-39(49)23-3-6-28(40(50)51)31(19-23)33-29-7-1-21-17-24(45)4-9-26(21)37(29)56-38-27-10-5-25(46)18-22(27)2-8-30(33)38/h1-10,17-19,32,34-36,41-42,44-45,47-48,52H,11-16,20H2,(H,43,49)(H,50,51)/t32-,34-,35-,36-,41?/m1/s1. The number of nitrogens with one attached hydrogen (secondary N) is 2. The number of hydrogen-bond acceptors (Lipinski definition) is 13. The summed E-state index contributed by atoms with van der Waals surface area (Å²) in [4.78, 5) is 38.3. The lowest BCUT2D eigenvalue weighted by molar-refractivity contribution is -0.254. The van der Waals surface area contributed by atoms with Crippen molar-refractivity contribution in [1.82, 2.24) is 10.6 Å². The number of ether oxygens (including phenoxy) is 3. The highest BCUT2D eigenvalue weighted by molar-refractivity contribution is 6.21. The third-order valence-corrected chi connectivity index (χ3v) is 9.85. The molecule has 0 radical (unpaired) electrons. The molecule has 6 aromatic rings.